The Labute approximate surface area is 190 Å². The van der Waals surface area contributed by atoms with Crippen LogP contribution in [-0.4, -0.2) is 40.2 Å². The Morgan fingerprint density at radius 3 is 2.84 bits per heavy atom. The number of hydrogen-bond acceptors (Lipinski definition) is 4. The van der Waals surface area contributed by atoms with E-state index < -0.39 is 5.97 Å². The molecule has 0 spiro atoms. The number of ether oxygens (including phenoxy) is 1. The van der Waals surface area contributed by atoms with Gasteiger partial charge in [-0.2, -0.15) is 0 Å². The van der Waals surface area contributed by atoms with Gasteiger partial charge in [0.15, 0.2) is 0 Å². The lowest BCUT2D eigenvalue weighted by atomic mass is 10.0. The molecule has 1 aromatic carbocycles. The summed E-state index contributed by atoms with van der Waals surface area (Å²) in [6, 6.07) is 6.30. The number of allylic oxidation sites excluding steroid dienone is 3. The minimum Gasteiger partial charge on any atom is -0.480 e. The number of rotatable bonds is 14. The van der Waals surface area contributed by atoms with E-state index in [4.69, 9.17) is 4.74 Å². The largest absolute Gasteiger partial charge is 0.480 e. The molecule has 2 rings (SSSR count). The molecule has 6 heteroatoms. The van der Waals surface area contributed by atoms with E-state index in [1.165, 1.54) is 0 Å². The van der Waals surface area contributed by atoms with Gasteiger partial charge in [0.2, 0.25) is 0 Å². The van der Waals surface area contributed by atoms with E-state index in [0.717, 1.165) is 47.8 Å². The summed E-state index contributed by atoms with van der Waals surface area (Å²) in [5, 5.41) is 12.4. The highest BCUT2D eigenvalue weighted by molar-refractivity contribution is 7.99. The maximum Gasteiger partial charge on any atom is 0.323 e. The van der Waals surface area contributed by atoms with Crippen LogP contribution in [0.3, 0.4) is 0 Å². The number of aliphatic carboxylic acids is 1. The predicted molar refractivity (Wildman–Crippen MR) is 131 cm³/mol. The normalized spacial score (nSPS) is 13.0. The molecule has 0 bridgehead atoms. The van der Waals surface area contributed by atoms with Crippen molar-refractivity contribution in [2.75, 3.05) is 20.3 Å². The van der Waals surface area contributed by atoms with E-state index in [1.54, 1.807) is 19.1 Å². The Bertz CT molecular complexity index is 917. The molecule has 0 aliphatic rings. The van der Waals surface area contributed by atoms with Crippen molar-refractivity contribution in [2.45, 2.75) is 45.7 Å². The van der Waals surface area contributed by atoms with Crippen LogP contribution in [0.4, 0.5) is 0 Å². The zero-order valence-corrected chi connectivity index (χ0v) is 19.6. The van der Waals surface area contributed by atoms with Crippen LogP contribution in [0.25, 0.3) is 10.9 Å². The van der Waals surface area contributed by atoms with Crippen LogP contribution in [0, 0.1) is 6.92 Å². The van der Waals surface area contributed by atoms with Gasteiger partial charge in [-0.05, 0) is 56.2 Å². The molecule has 1 unspecified atom stereocenters. The lowest BCUT2D eigenvalue weighted by Crippen LogP contribution is -2.23. The molecule has 0 saturated carbocycles. The van der Waals surface area contributed by atoms with Gasteiger partial charge in [0.05, 0.1) is 6.04 Å². The fourth-order valence-corrected chi connectivity index (χ4v) is 4.43. The van der Waals surface area contributed by atoms with Gasteiger partial charge in [0.1, 0.15) is 6.54 Å². The number of methoxy groups -OCH3 is 1. The van der Waals surface area contributed by atoms with Gasteiger partial charge in [-0.15, -0.1) is 0 Å². The molecule has 1 N–H and O–H groups in total. The third-order valence-corrected chi connectivity index (χ3v) is 5.91. The SMILES string of the molecule is C=CSN(CCCOC)C(C/C=C\C/C=C\C)c1cn(CC(=O)O)c2ccc(C)cc12. The van der Waals surface area contributed by atoms with Crippen LogP contribution in [0.2, 0.25) is 0 Å². The van der Waals surface area contributed by atoms with Crippen LogP contribution in [-0.2, 0) is 16.1 Å². The van der Waals surface area contributed by atoms with Crippen LogP contribution >= 0.6 is 11.9 Å². The molecule has 1 aromatic heterocycles. The first-order valence-corrected chi connectivity index (χ1v) is 11.5. The highest BCUT2D eigenvalue weighted by atomic mass is 32.2. The van der Waals surface area contributed by atoms with E-state index in [1.807, 2.05) is 35.2 Å². The van der Waals surface area contributed by atoms with E-state index in [2.05, 4.69) is 48.2 Å². The van der Waals surface area contributed by atoms with Crippen molar-refractivity contribution in [1.29, 1.82) is 0 Å². The van der Waals surface area contributed by atoms with Crippen molar-refractivity contribution in [2.24, 2.45) is 0 Å². The molecule has 0 radical (unpaired) electrons. The summed E-state index contributed by atoms with van der Waals surface area (Å²) >= 11 is 1.60. The lowest BCUT2D eigenvalue weighted by molar-refractivity contribution is -0.137. The number of carboxylic acids is 1. The third kappa shape index (κ3) is 7.42. The smallest absolute Gasteiger partial charge is 0.323 e. The van der Waals surface area contributed by atoms with Crippen molar-refractivity contribution >= 4 is 28.8 Å². The summed E-state index contributed by atoms with van der Waals surface area (Å²) in [5.41, 5.74) is 3.25. The van der Waals surface area contributed by atoms with Gasteiger partial charge in [-0.1, -0.05) is 54.5 Å². The minimum atomic E-state index is -0.843. The van der Waals surface area contributed by atoms with Gasteiger partial charge in [0.25, 0.3) is 0 Å². The van der Waals surface area contributed by atoms with Gasteiger partial charge < -0.3 is 14.4 Å². The predicted octanol–water partition coefficient (Wildman–Crippen LogP) is 6.12. The molecule has 0 fully saturated rings. The topological polar surface area (TPSA) is 54.7 Å². The average molecular weight is 443 g/mol. The molecule has 0 saturated heterocycles. The number of carboxylic acid groups (broad SMARTS) is 1. The molecule has 31 heavy (non-hydrogen) atoms. The Morgan fingerprint density at radius 2 is 2.16 bits per heavy atom. The fourth-order valence-electron chi connectivity index (χ4n) is 3.66. The second-order valence-corrected chi connectivity index (χ2v) is 8.43. The van der Waals surface area contributed by atoms with Crippen LogP contribution in [0.1, 0.15) is 43.4 Å². The summed E-state index contributed by atoms with van der Waals surface area (Å²) in [6.07, 6.45) is 13.2. The molecular weight excluding hydrogens is 408 g/mol. The number of aromatic nitrogens is 1. The van der Waals surface area contributed by atoms with E-state index in [-0.39, 0.29) is 12.6 Å². The van der Waals surface area contributed by atoms with Crippen molar-refractivity contribution in [1.82, 2.24) is 8.87 Å². The second-order valence-electron chi connectivity index (χ2n) is 7.41. The zero-order chi connectivity index (χ0) is 22.6. The molecule has 1 atom stereocenters. The van der Waals surface area contributed by atoms with E-state index in [0.29, 0.717) is 6.61 Å². The molecule has 2 aromatic rings. The van der Waals surface area contributed by atoms with Crippen molar-refractivity contribution in [3.8, 4) is 0 Å². The second kappa shape index (κ2) is 13.2. The Hall–Kier alpha value is -2.28. The molecule has 0 amide bonds. The molecule has 5 nitrogen and oxygen atoms in total. The maximum atomic E-state index is 11.5. The summed E-state index contributed by atoms with van der Waals surface area (Å²) in [7, 11) is 1.72. The van der Waals surface area contributed by atoms with Gasteiger partial charge in [-0.25, -0.2) is 4.31 Å². The first kappa shape index (κ1) is 25.0. The molecule has 0 aliphatic carbocycles. The van der Waals surface area contributed by atoms with Crippen LogP contribution < -0.4 is 0 Å². The maximum absolute atomic E-state index is 11.5. The van der Waals surface area contributed by atoms with Gasteiger partial charge in [0, 0.05) is 37.4 Å². The molecular formula is C25H34N2O3S. The highest BCUT2D eigenvalue weighted by Gasteiger charge is 2.24. The summed E-state index contributed by atoms with van der Waals surface area (Å²) in [4.78, 5) is 11.5. The van der Waals surface area contributed by atoms with Gasteiger partial charge >= 0.3 is 5.97 Å². The van der Waals surface area contributed by atoms with Crippen LogP contribution in [0.15, 0.2) is 60.7 Å². The Kier molecular flexibility index (Phi) is 10.6. The van der Waals surface area contributed by atoms with Crippen molar-refractivity contribution in [3.63, 3.8) is 0 Å². The fraction of sp³-hybridized carbons (Fsp3) is 0.400. The molecule has 0 aliphatic heterocycles. The third-order valence-electron chi connectivity index (χ3n) is 5.05. The Balaban J connectivity index is 2.50. The first-order valence-electron chi connectivity index (χ1n) is 10.6. The molecule has 168 valence electrons. The minimum absolute atomic E-state index is 0.0539. The number of benzene rings is 1. The number of nitrogens with zero attached hydrogens (tertiary/aromatic N) is 2. The van der Waals surface area contributed by atoms with E-state index >= 15 is 0 Å². The number of fused-ring (bicyclic) bond motifs is 1. The average Bonchev–Trinajstić information content (AvgIpc) is 3.07. The molecule has 1 heterocycles. The first-order chi connectivity index (χ1) is 15.0. The summed E-state index contributed by atoms with van der Waals surface area (Å²) in [5.74, 6) is -0.843. The van der Waals surface area contributed by atoms with Crippen molar-refractivity contribution < 1.29 is 14.6 Å². The summed E-state index contributed by atoms with van der Waals surface area (Å²) in [6.45, 7) is 9.50. The quantitative estimate of drug-likeness (QED) is 0.217. The highest BCUT2D eigenvalue weighted by Crippen LogP contribution is 2.37. The monoisotopic (exact) mass is 442 g/mol. The number of aryl methyl sites for hydroxylation is 1. The number of carbonyl (C=O) groups is 1. The number of hydrogen-bond donors (Lipinski definition) is 1. The van der Waals surface area contributed by atoms with E-state index in [9.17, 15) is 9.90 Å². The Morgan fingerprint density at radius 1 is 1.35 bits per heavy atom. The standard InChI is InChI=1S/C25H34N2O3S/c1-5-7-8-9-10-12-24(27(31-6-2)15-11-16-30-4)22-18-26(19-25(28)29)23-14-13-20(3)17-21(22)23/h5-7,9-10,13-14,17-18,24H,2,8,11-12,15-16,19H2,1,3-4H3,(H,28,29)/b7-5-,10-9-. The lowest BCUT2D eigenvalue weighted by Gasteiger charge is -2.29. The zero-order valence-electron chi connectivity index (χ0n) is 18.8. The van der Waals surface area contributed by atoms with Crippen molar-refractivity contribution in [3.05, 3.63) is 71.8 Å². The summed E-state index contributed by atoms with van der Waals surface area (Å²) < 4.78 is 9.43. The van der Waals surface area contributed by atoms with Gasteiger partial charge in [-0.3, -0.25) is 4.79 Å². The van der Waals surface area contributed by atoms with Crippen LogP contribution in [0.5, 0.6) is 0 Å².